The molecule has 2 heterocycles. The summed E-state index contributed by atoms with van der Waals surface area (Å²) in [5.74, 6) is -0.569. The van der Waals surface area contributed by atoms with Gasteiger partial charge in [0, 0.05) is 13.1 Å². The Kier molecular flexibility index (Phi) is 6.76. The molecule has 0 N–H and O–H groups in total. The maximum absolute atomic E-state index is 12.6. The molecule has 6 heteroatoms. The SMILES string of the molecule is C=CCOC(=O)[C@@H](C#N)c1nc2ccccc2nc1N1CCC(Cc2ccccc2)CC1. The molecule has 162 valence electrons. The highest BCUT2D eigenvalue weighted by Crippen LogP contribution is 2.31. The van der Waals surface area contributed by atoms with Crippen molar-refractivity contribution in [1.82, 2.24) is 9.97 Å². The number of rotatable bonds is 7. The van der Waals surface area contributed by atoms with Crippen LogP contribution in [0.3, 0.4) is 0 Å². The minimum Gasteiger partial charge on any atom is -0.460 e. The summed E-state index contributed by atoms with van der Waals surface area (Å²) in [7, 11) is 0. The Hall–Kier alpha value is -3.72. The molecule has 4 rings (SSSR count). The Balaban J connectivity index is 1.60. The summed E-state index contributed by atoms with van der Waals surface area (Å²) in [5, 5.41) is 9.79. The highest BCUT2D eigenvalue weighted by molar-refractivity contribution is 5.85. The fourth-order valence-electron chi connectivity index (χ4n) is 4.18. The molecular formula is C26H26N4O2. The van der Waals surface area contributed by atoms with Crippen LogP contribution < -0.4 is 4.90 Å². The van der Waals surface area contributed by atoms with Crippen molar-refractivity contribution in [1.29, 1.82) is 5.26 Å². The van der Waals surface area contributed by atoms with E-state index in [0.717, 1.165) is 37.9 Å². The lowest BCUT2D eigenvalue weighted by Crippen LogP contribution is -2.36. The summed E-state index contributed by atoms with van der Waals surface area (Å²) in [6.45, 7) is 5.22. The molecule has 32 heavy (non-hydrogen) atoms. The molecule has 1 aliphatic rings. The average molecular weight is 427 g/mol. The van der Waals surface area contributed by atoms with Crippen molar-refractivity contribution in [2.75, 3.05) is 24.6 Å². The van der Waals surface area contributed by atoms with E-state index < -0.39 is 11.9 Å². The fraction of sp³-hybridized carbons (Fsp3) is 0.308. The third-order valence-corrected chi connectivity index (χ3v) is 5.84. The van der Waals surface area contributed by atoms with Crippen LogP contribution in [0.15, 0.2) is 67.3 Å². The second kappa shape index (κ2) is 10.1. The number of piperidine rings is 1. The third kappa shape index (κ3) is 4.78. The zero-order chi connectivity index (χ0) is 22.3. The number of fused-ring (bicyclic) bond motifs is 1. The van der Waals surface area contributed by atoms with Gasteiger partial charge in [0.25, 0.3) is 0 Å². The molecule has 6 nitrogen and oxygen atoms in total. The number of nitriles is 1. The van der Waals surface area contributed by atoms with E-state index in [0.29, 0.717) is 22.9 Å². The van der Waals surface area contributed by atoms with Crippen molar-refractivity contribution in [2.24, 2.45) is 5.92 Å². The van der Waals surface area contributed by atoms with Crippen molar-refractivity contribution in [3.05, 3.63) is 78.5 Å². The average Bonchev–Trinajstić information content (AvgIpc) is 2.84. The van der Waals surface area contributed by atoms with Gasteiger partial charge in [0.15, 0.2) is 11.7 Å². The fourth-order valence-corrected chi connectivity index (χ4v) is 4.18. The molecule has 0 radical (unpaired) electrons. The van der Waals surface area contributed by atoms with Crippen LogP contribution in [0.4, 0.5) is 5.82 Å². The van der Waals surface area contributed by atoms with Crippen LogP contribution in [0.1, 0.15) is 30.0 Å². The molecule has 0 spiro atoms. The number of carbonyl (C=O) groups is 1. The predicted molar refractivity (Wildman–Crippen MR) is 124 cm³/mol. The van der Waals surface area contributed by atoms with Crippen molar-refractivity contribution in [2.45, 2.75) is 25.2 Å². The standard InChI is InChI=1S/C26H26N4O2/c1-2-16-32-26(31)21(18-27)24-25(29-23-11-7-6-10-22(23)28-24)30-14-12-20(13-15-30)17-19-8-4-3-5-9-19/h2-11,20-21H,1,12-17H2/t21-/m0/s1. The molecule has 3 aromatic rings. The topological polar surface area (TPSA) is 79.1 Å². The zero-order valence-electron chi connectivity index (χ0n) is 18.0. The number of ether oxygens (including phenoxy) is 1. The molecule has 1 atom stereocenters. The quantitative estimate of drug-likeness (QED) is 0.411. The van der Waals surface area contributed by atoms with E-state index in [1.807, 2.05) is 30.3 Å². The van der Waals surface area contributed by atoms with Crippen LogP contribution in [0.2, 0.25) is 0 Å². The Morgan fingerprint density at radius 2 is 1.78 bits per heavy atom. The molecular weight excluding hydrogens is 400 g/mol. The van der Waals surface area contributed by atoms with E-state index in [-0.39, 0.29) is 6.61 Å². The van der Waals surface area contributed by atoms with E-state index in [9.17, 15) is 10.1 Å². The van der Waals surface area contributed by atoms with Gasteiger partial charge >= 0.3 is 5.97 Å². The van der Waals surface area contributed by atoms with Gasteiger partial charge in [0.1, 0.15) is 12.3 Å². The summed E-state index contributed by atoms with van der Waals surface area (Å²) in [6, 6.07) is 20.1. The number of hydrogen-bond acceptors (Lipinski definition) is 6. The zero-order valence-corrected chi connectivity index (χ0v) is 18.0. The van der Waals surface area contributed by atoms with Crippen LogP contribution in [0, 0.1) is 17.2 Å². The summed E-state index contributed by atoms with van der Waals surface area (Å²) in [6.07, 6.45) is 4.57. The van der Waals surface area contributed by atoms with Crippen molar-refractivity contribution in [3.63, 3.8) is 0 Å². The molecule has 0 bridgehead atoms. The monoisotopic (exact) mass is 426 g/mol. The van der Waals surface area contributed by atoms with Crippen molar-refractivity contribution < 1.29 is 9.53 Å². The van der Waals surface area contributed by atoms with Crippen LogP contribution in [-0.2, 0) is 16.0 Å². The van der Waals surface area contributed by atoms with Gasteiger partial charge in [-0.3, -0.25) is 4.79 Å². The minimum atomic E-state index is -1.14. The van der Waals surface area contributed by atoms with Crippen LogP contribution in [0.25, 0.3) is 11.0 Å². The third-order valence-electron chi connectivity index (χ3n) is 5.84. The van der Waals surface area contributed by atoms with Crippen molar-refractivity contribution >= 4 is 22.8 Å². The first kappa shape index (κ1) is 21.5. The van der Waals surface area contributed by atoms with Gasteiger partial charge in [-0.05, 0) is 42.9 Å². The highest BCUT2D eigenvalue weighted by Gasteiger charge is 2.31. The van der Waals surface area contributed by atoms with Gasteiger partial charge in [-0.15, -0.1) is 0 Å². The molecule has 0 unspecified atom stereocenters. The molecule has 1 fully saturated rings. The number of nitrogens with zero attached hydrogens (tertiary/aromatic N) is 4. The molecule has 1 aliphatic heterocycles. The molecule has 0 saturated carbocycles. The predicted octanol–water partition coefficient (Wildman–Crippen LogP) is 4.43. The van der Waals surface area contributed by atoms with E-state index in [2.05, 4.69) is 46.8 Å². The Bertz CT molecular complexity index is 1130. The van der Waals surface area contributed by atoms with E-state index in [1.165, 1.54) is 11.6 Å². The second-order valence-corrected chi connectivity index (χ2v) is 8.02. The normalized spacial score (nSPS) is 15.2. The van der Waals surface area contributed by atoms with Crippen LogP contribution in [0.5, 0.6) is 0 Å². The molecule has 0 aliphatic carbocycles. The lowest BCUT2D eigenvalue weighted by molar-refractivity contribution is -0.142. The first-order chi connectivity index (χ1) is 15.7. The summed E-state index contributed by atoms with van der Waals surface area (Å²) < 4.78 is 5.17. The number of benzene rings is 2. The van der Waals surface area contributed by atoms with Gasteiger partial charge in [-0.1, -0.05) is 55.1 Å². The van der Waals surface area contributed by atoms with Gasteiger partial charge in [-0.2, -0.15) is 5.26 Å². The van der Waals surface area contributed by atoms with E-state index in [4.69, 9.17) is 9.72 Å². The molecule has 1 aromatic heterocycles. The number of hydrogen-bond donors (Lipinski definition) is 0. The van der Waals surface area contributed by atoms with Crippen LogP contribution in [-0.4, -0.2) is 35.6 Å². The summed E-state index contributed by atoms with van der Waals surface area (Å²) in [4.78, 5) is 24.2. The molecule has 2 aromatic carbocycles. The lowest BCUT2D eigenvalue weighted by atomic mass is 9.90. The number of anilines is 1. The van der Waals surface area contributed by atoms with E-state index in [1.54, 1.807) is 0 Å². The largest absolute Gasteiger partial charge is 0.460 e. The van der Waals surface area contributed by atoms with Gasteiger partial charge < -0.3 is 9.64 Å². The van der Waals surface area contributed by atoms with Gasteiger partial charge in [-0.25, -0.2) is 9.97 Å². The number of aromatic nitrogens is 2. The molecule has 0 amide bonds. The smallest absolute Gasteiger partial charge is 0.330 e. The van der Waals surface area contributed by atoms with Crippen LogP contribution >= 0.6 is 0 Å². The Labute approximate surface area is 188 Å². The van der Waals surface area contributed by atoms with Crippen molar-refractivity contribution in [3.8, 4) is 6.07 Å². The van der Waals surface area contributed by atoms with E-state index >= 15 is 0 Å². The maximum Gasteiger partial charge on any atom is 0.330 e. The number of carbonyl (C=O) groups excluding carboxylic acids is 1. The maximum atomic E-state index is 12.6. The number of para-hydroxylation sites is 2. The lowest BCUT2D eigenvalue weighted by Gasteiger charge is -2.34. The van der Waals surface area contributed by atoms with Gasteiger partial charge in [0.05, 0.1) is 17.1 Å². The van der Waals surface area contributed by atoms with Gasteiger partial charge in [0.2, 0.25) is 0 Å². The molecule has 1 saturated heterocycles. The summed E-state index contributed by atoms with van der Waals surface area (Å²) in [5.41, 5.74) is 3.12. The Morgan fingerprint density at radius 1 is 1.12 bits per heavy atom. The summed E-state index contributed by atoms with van der Waals surface area (Å²) >= 11 is 0. The highest BCUT2D eigenvalue weighted by atomic mass is 16.5. The minimum absolute atomic E-state index is 0.0538. The first-order valence-electron chi connectivity index (χ1n) is 10.9. The second-order valence-electron chi connectivity index (χ2n) is 8.02. The first-order valence-corrected chi connectivity index (χ1v) is 10.9. The Morgan fingerprint density at radius 3 is 2.44 bits per heavy atom. The number of esters is 1.